The van der Waals surface area contributed by atoms with Gasteiger partial charge in [-0.05, 0) is 89.7 Å². The quantitative estimate of drug-likeness (QED) is 0.296. The molecule has 0 aromatic heterocycles. The van der Waals surface area contributed by atoms with Crippen molar-refractivity contribution in [3.63, 3.8) is 0 Å². The van der Waals surface area contributed by atoms with Gasteiger partial charge in [0.15, 0.2) is 0 Å². The van der Waals surface area contributed by atoms with Crippen LogP contribution in [-0.4, -0.2) is 77.7 Å². The SMILES string of the molecule is C\C=C/C(C)=C(C(=O)N1CCC(N2CCC3(CC2)OCN(CC2CCCCC2)C3CC)CC1)\C(C)=C/C. The van der Waals surface area contributed by atoms with Gasteiger partial charge in [0.1, 0.15) is 6.73 Å². The highest BCUT2D eigenvalue weighted by atomic mass is 16.5. The largest absolute Gasteiger partial charge is 0.358 e. The van der Waals surface area contributed by atoms with Gasteiger partial charge in [-0.15, -0.1) is 0 Å². The molecule has 3 saturated heterocycles. The van der Waals surface area contributed by atoms with Crippen LogP contribution >= 0.6 is 0 Å². The normalized spacial score (nSPS) is 27.9. The number of nitrogens with zero attached hydrogens (tertiary/aromatic N) is 3. The molecule has 0 aromatic carbocycles. The zero-order valence-electron chi connectivity index (χ0n) is 24.4. The molecule has 5 heteroatoms. The van der Waals surface area contributed by atoms with Crippen molar-refractivity contribution in [2.75, 3.05) is 39.5 Å². The Morgan fingerprint density at radius 2 is 1.65 bits per heavy atom. The smallest absolute Gasteiger partial charge is 0.254 e. The van der Waals surface area contributed by atoms with E-state index in [1.165, 1.54) is 45.1 Å². The molecule has 1 saturated carbocycles. The Morgan fingerprint density at radius 3 is 2.24 bits per heavy atom. The first-order valence-electron chi connectivity index (χ1n) is 15.3. The lowest BCUT2D eigenvalue weighted by atomic mass is 9.81. The van der Waals surface area contributed by atoms with Crippen LogP contribution in [-0.2, 0) is 9.53 Å². The molecule has 0 aromatic rings. The summed E-state index contributed by atoms with van der Waals surface area (Å²) >= 11 is 0. The molecule has 4 rings (SSSR count). The molecule has 1 unspecified atom stereocenters. The second-order valence-corrected chi connectivity index (χ2v) is 12.1. The van der Waals surface area contributed by atoms with Crippen molar-refractivity contribution >= 4 is 5.91 Å². The molecule has 1 spiro atoms. The number of rotatable bonds is 7. The van der Waals surface area contributed by atoms with Crippen LogP contribution in [0.3, 0.4) is 0 Å². The van der Waals surface area contributed by atoms with Crippen LogP contribution in [0.4, 0.5) is 0 Å². The summed E-state index contributed by atoms with van der Waals surface area (Å²) in [7, 11) is 0. The monoisotopic (exact) mass is 511 g/mol. The molecule has 0 radical (unpaired) electrons. The third-order valence-corrected chi connectivity index (χ3v) is 9.93. The number of carbonyl (C=O) groups is 1. The maximum Gasteiger partial charge on any atom is 0.254 e. The third-order valence-electron chi connectivity index (χ3n) is 9.93. The summed E-state index contributed by atoms with van der Waals surface area (Å²) < 4.78 is 6.66. The van der Waals surface area contributed by atoms with E-state index in [1.807, 2.05) is 19.9 Å². The average molecular weight is 512 g/mol. The minimum atomic E-state index is 0.0601. The van der Waals surface area contributed by atoms with Crippen LogP contribution in [0.1, 0.15) is 98.8 Å². The molecule has 5 nitrogen and oxygen atoms in total. The van der Waals surface area contributed by atoms with Crippen molar-refractivity contribution in [3.05, 3.63) is 34.9 Å². The first-order chi connectivity index (χ1) is 17.9. The van der Waals surface area contributed by atoms with Crippen LogP contribution in [0.2, 0.25) is 0 Å². The molecule has 3 heterocycles. The molecule has 1 amide bonds. The standard InChI is InChI=1S/C32H53N3O2/c1-6-12-26(5)30(25(4)7-2)31(36)34-19-15-28(16-20-34)33-21-17-32(18-22-33)29(8-3)35(24-37-32)23-27-13-10-9-11-14-27/h6-7,12,27-29H,8-11,13-24H2,1-5H3/b12-6-,25-7-,30-26+. The minimum absolute atomic E-state index is 0.0601. The van der Waals surface area contributed by atoms with E-state index in [4.69, 9.17) is 4.74 Å². The molecule has 1 aliphatic carbocycles. The highest BCUT2D eigenvalue weighted by Crippen LogP contribution is 2.41. The Labute approximate surface area is 227 Å². The Bertz CT molecular complexity index is 853. The van der Waals surface area contributed by atoms with Crippen LogP contribution in [0.15, 0.2) is 34.9 Å². The molecular formula is C32H53N3O2. The number of hydrogen-bond acceptors (Lipinski definition) is 4. The van der Waals surface area contributed by atoms with Crippen molar-refractivity contribution in [3.8, 4) is 0 Å². The first-order valence-corrected chi connectivity index (χ1v) is 15.3. The number of carbonyl (C=O) groups excluding carboxylic acids is 1. The average Bonchev–Trinajstić information content (AvgIpc) is 3.25. The van der Waals surface area contributed by atoms with E-state index in [-0.39, 0.29) is 11.5 Å². The summed E-state index contributed by atoms with van der Waals surface area (Å²) in [6.45, 7) is 16.6. The highest BCUT2D eigenvalue weighted by Gasteiger charge is 2.50. The van der Waals surface area contributed by atoms with Crippen LogP contribution in [0, 0.1) is 5.92 Å². The minimum Gasteiger partial charge on any atom is -0.358 e. The van der Waals surface area contributed by atoms with E-state index < -0.39 is 0 Å². The van der Waals surface area contributed by atoms with Gasteiger partial charge in [0.05, 0.1) is 5.60 Å². The number of amides is 1. The van der Waals surface area contributed by atoms with Crippen molar-refractivity contribution in [1.29, 1.82) is 0 Å². The second-order valence-electron chi connectivity index (χ2n) is 12.1. The summed E-state index contributed by atoms with van der Waals surface area (Å²) in [5, 5.41) is 0. The van der Waals surface area contributed by atoms with Crippen LogP contribution in [0.25, 0.3) is 0 Å². The maximum atomic E-state index is 13.5. The van der Waals surface area contributed by atoms with Crippen LogP contribution in [0.5, 0.6) is 0 Å². The molecule has 4 aliphatic rings. The fraction of sp³-hybridized carbons (Fsp3) is 0.781. The maximum absolute atomic E-state index is 13.5. The van der Waals surface area contributed by atoms with Gasteiger partial charge in [-0.1, -0.05) is 44.4 Å². The van der Waals surface area contributed by atoms with Crippen molar-refractivity contribution < 1.29 is 9.53 Å². The summed E-state index contributed by atoms with van der Waals surface area (Å²) in [4.78, 5) is 21.0. The molecule has 0 bridgehead atoms. The predicted octanol–water partition coefficient (Wildman–Crippen LogP) is 6.32. The Morgan fingerprint density at radius 1 is 0.973 bits per heavy atom. The zero-order valence-corrected chi connectivity index (χ0v) is 24.4. The Balaban J connectivity index is 1.30. The van der Waals surface area contributed by atoms with Crippen molar-refractivity contribution in [2.45, 2.75) is 117 Å². The van der Waals surface area contributed by atoms with Gasteiger partial charge in [0.2, 0.25) is 0 Å². The highest BCUT2D eigenvalue weighted by molar-refractivity contribution is 5.98. The molecule has 4 fully saturated rings. The van der Waals surface area contributed by atoms with Gasteiger partial charge in [-0.3, -0.25) is 9.69 Å². The number of ether oxygens (including phenoxy) is 1. The van der Waals surface area contributed by atoms with Gasteiger partial charge in [-0.2, -0.15) is 0 Å². The molecule has 0 N–H and O–H groups in total. The number of likely N-dealkylation sites (tertiary alicyclic amines) is 2. The fourth-order valence-electron chi connectivity index (χ4n) is 7.71. The fourth-order valence-corrected chi connectivity index (χ4v) is 7.71. The Hall–Kier alpha value is -1.43. The van der Waals surface area contributed by atoms with Gasteiger partial charge in [-0.25, -0.2) is 0 Å². The van der Waals surface area contributed by atoms with E-state index in [1.54, 1.807) is 0 Å². The van der Waals surface area contributed by atoms with Crippen molar-refractivity contribution in [1.82, 2.24) is 14.7 Å². The summed E-state index contributed by atoms with van der Waals surface area (Å²) in [6, 6.07) is 1.17. The van der Waals surface area contributed by atoms with Crippen molar-refractivity contribution in [2.24, 2.45) is 5.92 Å². The zero-order chi connectivity index (χ0) is 26.4. The van der Waals surface area contributed by atoms with Gasteiger partial charge < -0.3 is 14.5 Å². The topological polar surface area (TPSA) is 36.0 Å². The molecule has 3 aliphatic heterocycles. The third kappa shape index (κ3) is 6.42. The number of piperidine rings is 2. The van der Waals surface area contributed by atoms with E-state index in [0.717, 1.165) is 81.2 Å². The lowest BCUT2D eigenvalue weighted by Crippen LogP contribution is -2.56. The molecule has 208 valence electrons. The Kier molecular flexibility index (Phi) is 10.1. The lowest BCUT2D eigenvalue weighted by molar-refractivity contribution is -0.128. The van der Waals surface area contributed by atoms with Gasteiger partial charge in [0, 0.05) is 50.4 Å². The van der Waals surface area contributed by atoms with Gasteiger partial charge >= 0.3 is 0 Å². The summed E-state index contributed by atoms with van der Waals surface area (Å²) in [5.41, 5.74) is 3.07. The van der Waals surface area contributed by atoms with E-state index in [9.17, 15) is 4.79 Å². The van der Waals surface area contributed by atoms with Gasteiger partial charge in [0.25, 0.3) is 5.91 Å². The molecule has 37 heavy (non-hydrogen) atoms. The summed E-state index contributed by atoms with van der Waals surface area (Å²) in [6.07, 6.45) is 18.9. The second kappa shape index (κ2) is 13.1. The number of hydrogen-bond donors (Lipinski definition) is 0. The van der Waals surface area contributed by atoms with E-state index in [2.05, 4.69) is 47.6 Å². The molecular weight excluding hydrogens is 458 g/mol. The van der Waals surface area contributed by atoms with Crippen LogP contribution < -0.4 is 0 Å². The first kappa shape index (κ1) is 28.6. The number of allylic oxidation sites excluding steroid dienone is 4. The van der Waals surface area contributed by atoms with E-state index >= 15 is 0 Å². The predicted molar refractivity (Wildman–Crippen MR) is 153 cm³/mol. The molecule has 1 atom stereocenters. The van der Waals surface area contributed by atoms with E-state index in [0.29, 0.717) is 12.1 Å². The summed E-state index contributed by atoms with van der Waals surface area (Å²) in [5.74, 6) is 1.08. The lowest BCUT2D eigenvalue weighted by Gasteiger charge is -2.47.